The van der Waals surface area contributed by atoms with Crippen LogP contribution in [0.3, 0.4) is 0 Å². The van der Waals surface area contributed by atoms with Crippen molar-refractivity contribution in [3.05, 3.63) is 58.1 Å². The van der Waals surface area contributed by atoms with E-state index in [1.54, 1.807) is 6.08 Å². The molecule has 1 aliphatic heterocycles. The van der Waals surface area contributed by atoms with Crippen molar-refractivity contribution in [3.63, 3.8) is 0 Å². The fourth-order valence-electron chi connectivity index (χ4n) is 2.27. The molecule has 0 amide bonds. The van der Waals surface area contributed by atoms with Crippen LogP contribution >= 0.6 is 11.3 Å². The second kappa shape index (κ2) is 3.83. The van der Waals surface area contributed by atoms with E-state index in [1.807, 2.05) is 41.9 Å². The van der Waals surface area contributed by atoms with Gasteiger partial charge in [-0.3, -0.25) is 4.79 Å². The summed E-state index contributed by atoms with van der Waals surface area (Å²) in [6, 6.07) is 9.81. The molecule has 19 heavy (non-hydrogen) atoms. The summed E-state index contributed by atoms with van der Waals surface area (Å²) < 4.78 is 5.59. The van der Waals surface area contributed by atoms with Gasteiger partial charge in [0.05, 0.1) is 0 Å². The summed E-state index contributed by atoms with van der Waals surface area (Å²) in [5.74, 6) is 1.03. The Labute approximate surface area is 113 Å². The van der Waals surface area contributed by atoms with Gasteiger partial charge in [-0.1, -0.05) is 18.2 Å². The molecule has 4 rings (SSSR count). The number of hydrogen-bond acceptors (Lipinski definition) is 3. The number of allylic oxidation sites excluding steroid dienone is 1. The number of thiophene rings is 1. The Balaban J connectivity index is 1.81. The van der Waals surface area contributed by atoms with Crippen LogP contribution in [-0.4, -0.2) is 10.8 Å². The summed E-state index contributed by atoms with van der Waals surface area (Å²) in [7, 11) is 0. The predicted molar refractivity (Wildman–Crippen MR) is 75.6 cm³/mol. The van der Waals surface area contributed by atoms with Crippen molar-refractivity contribution in [2.75, 3.05) is 0 Å². The number of ether oxygens (including phenoxy) is 1. The number of ketones is 1. The normalized spacial score (nSPS) is 16.0. The minimum absolute atomic E-state index is 0.0321. The summed E-state index contributed by atoms with van der Waals surface area (Å²) in [6.07, 6.45) is 3.69. The van der Waals surface area contributed by atoms with Gasteiger partial charge >= 0.3 is 0 Å². The predicted octanol–water partition coefficient (Wildman–Crippen LogP) is 3.85. The number of Topliss-reactive ketones (excluding diaryl/α,β-unsaturated/α-hetero) is 1. The minimum Gasteiger partial charge on any atom is -0.452 e. The van der Waals surface area contributed by atoms with Gasteiger partial charge in [0.25, 0.3) is 0 Å². The average molecular weight is 267 g/mol. The van der Waals surface area contributed by atoms with E-state index in [0.717, 1.165) is 16.5 Å². The SMILES string of the molecule is O=C1C(=Cc2c[nH]c3ccccc23)Oc2ccsc21. The van der Waals surface area contributed by atoms with Gasteiger partial charge in [0.15, 0.2) is 5.76 Å². The zero-order valence-corrected chi connectivity index (χ0v) is 10.7. The lowest BCUT2D eigenvalue weighted by molar-refractivity contribution is 0.102. The lowest BCUT2D eigenvalue weighted by Crippen LogP contribution is -1.97. The summed E-state index contributed by atoms with van der Waals surface area (Å²) in [6.45, 7) is 0. The van der Waals surface area contributed by atoms with Gasteiger partial charge in [0, 0.05) is 22.7 Å². The number of nitrogens with one attached hydrogen (secondary N) is 1. The highest BCUT2D eigenvalue weighted by molar-refractivity contribution is 7.12. The average Bonchev–Trinajstić information content (AvgIpc) is 3.10. The highest BCUT2D eigenvalue weighted by atomic mass is 32.1. The number of H-pyrrole nitrogens is 1. The highest BCUT2D eigenvalue weighted by Gasteiger charge is 2.28. The summed E-state index contributed by atoms with van der Waals surface area (Å²) in [4.78, 5) is 16.0. The van der Waals surface area contributed by atoms with Crippen molar-refractivity contribution in [1.29, 1.82) is 0 Å². The van der Waals surface area contributed by atoms with Crippen molar-refractivity contribution in [2.45, 2.75) is 0 Å². The third kappa shape index (κ3) is 1.54. The quantitative estimate of drug-likeness (QED) is 0.680. The number of aromatic nitrogens is 1. The molecule has 92 valence electrons. The number of fused-ring (bicyclic) bond motifs is 2. The second-order valence-electron chi connectivity index (χ2n) is 4.34. The van der Waals surface area contributed by atoms with Crippen LogP contribution in [0.1, 0.15) is 15.2 Å². The molecule has 0 fully saturated rings. The summed E-state index contributed by atoms with van der Waals surface area (Å²) in [5, 5.41) is 2.95. The van der Waals surface area contributed by atoms with E-state index in [2.05, 4.69) is 4.98 Å². The molecule has 1 aliphatic rings. The number of benzene rings is 1. The van der Waals surface area contributed by atoms with Crippen LogP contribution in [0.25, 0.3) is 17.0 Å². The first kappa shape index (κ1) is 10.6. The molecule has 3 heterocycles. The maximum atomic E-state index is 12.1. The third-order valence-electron chi connectivity index (χ3n) is 3.19. The molecular weight excluding hydrogens is 258 g/mol. The van der Waals surface area contributed by atoms with Gasteiger partial charge in [-0.15, -0.1) is 11.3 Å². The van der Waals surface area contributed by atoms with E-state index in [0.29, 0.717) is 16.4 Å². The Hall–Kier alpha value is -2.33. The molecule has 4 heteroatoms. The molecule has 1 aromatic carbocycles. The zero-order valence-electron chi connectivity index (χ0n) is 9.84. The van der Waals surface area contributed by atoms with Gasteiger partial charge in [-0.2, -0.15) is 0 Å². The molecular formula is C15H9NO2S. The maximum absolute atomic E-state index is 12.1. The van der Waals surface area contributed by atoms with Crippen LogP contribution in [0.2, 0.25) is 0 Å². The van der Waals surface area contributed by atoms with Gasteiger partial charge in [-0.25, -0.2) is 0 Å². The molecule has 0 unspecified atom stereocenters. The van der Waals surface area contributed by atoms with E-state index < -0.39 is 0 Å². The summed E-state index contributed by atoms with van der Waals surface area (Å²) in [5.41, 5.74) is 2.02. The van der Waals surface area contributed by atoms with E-state index in [1.165, 1.54) is 11.3 Å². The van der Waals surface area contributed by atoms with Crippen LogP contribution in [-0.2, 0) is 0 Å². The van der Waals surface area contributed by atoms with E-state index in [9.17, 15) is 4.79 Å². The Morgan fingerprint density at radius 1 is 1.21 bits per heavy atom. The fraction of sp³-hybridized carbons (Fsp3) is 0. The topological polar surface area (TPSA) is 42.1 Å². The van der Waals surface area contributed by atoms with Gasteiger partial charge < -0.3 is 9.72 Å². The van der Waals surface area contributed by atoms with Crippen LogP contribution < -0.4 is 4.74 Å². The van der Waals surface area contributed by atoms with Crippen LogP contribution in [0.5, 0.6) is 5.75 Å². The highest BCUT2D eigenvalue weighted by Crippen LogP contribution is 2.36. The Morgan fingerprint density at radius 2 is 2.11 bits per heavy atom. The minimum atomic E-state index is -0.0321. The standard InChI is InChI=1S/C15H9NO2S/c17-14-13(18-12-5-6-19-15(12)14)7-9-8-16-11-4-2-1-3-10(9)11/h1-8,16H. The van der Waals surface area contributed by atoms with Gasteiger partial charge in [0.2, 0.25) is 5.78 Å². The Bertz CT molecular complexity index is 825. The van der Waals surface area contributed by atoms with Gasteiger partial charge in [-0.05, 0) is 23.6 Å². The molecule has 0 saturated heterocycles. The number of para-hydroxylation sites is 1. The number of carbonyl (C=O) groups excluding carboxylic acids is 1. The lowest BCUT2D eigenvalue weighted by Gasteiger charge is -1.97. The molecule has 3 nitrogen and oxygen atoms in total. The smallest absolute Gasteiger partial charge is 0.241 e. The molecule has 0 aliphatic carbocycles. The third-order valence-corrected chi connectivity index (χ3v) is 4.08. The molecule has 1 N–H and O–H groups in total. The van der Waals surface area contributed by atoms with Crippen LogP contribution in [0.15, 0.2) is 47.7 Å². The van der Waals surface area contributed by atoms with Crippen LogP contribution in [0, 0.1) is 0 Å². The number of aromatic amines is 1. The molecule has 0 spiro atoms. The fourth-order valence-corrected chi connectivity index (χ4v) is 3.03. The van der Waals surface area contributed by atoms with Crippen molar-refractivity contribution >= 4 is 34.1 Å². The van der Waals surface area contributed by atoms with Crippen LogP contribution in [0.4, 0.5) is 0 Å². The molecule has 3 aromatic rings. The lowest BCUT2D eigenvalue weighted by atomic mass is 10.1. The maximum Gasteiger partial charge on any atom is 0.241 e. The molecule has 0 atom stereocenters. The van der Waals surface area contributed by atoms with E-state index in [4.69, 9.17) is 4.74 Å². The largest absolute Gasteiger partial charge is 0.452 e. The Morgan fingerprint density at radius 3 is 3.00 bits per heavy atom. The number of carbonyl (C=O) groups is 1. The second-order valence-corrected chi connectivity index (χ2v) is 5.26. The van der Waals surface area contributed by atoms with Gasteiger partial charge in [0.1, 0.15) is 10.6 Å². The van der Waals surface area contributed by atoms with Crippen molar-refractivity contribution in [3.8, 4) is 5.75 Å². The first-order chi connectivity index (χ1) is 9.33. The molecule has 2 aromatic heterocycles. The Kier molecular flexibility index (Phi) is 2.13. The molecule has 0 saturated carbocycles. The van der Waals surface area contributed by atoms with E-state index in [-0.39, 0.29) is 5.78 Å². The van der Waals surface area contributed by atoms with Crippen molar-refractivity contribution < 1.29 is 9.53 Å². The summed E-state index contributed by atoms with van der Waals surface area (Å²) >= 11 is 1.42. The number of hydrogen-bond donors (Lipinski definition) is 1. The zero-order chi connectivity index (χ0) is 12.8. The van der Waals surface area contributed by atoms with E-state index >= 15 is 0 Å². The number of rotatable bonds is 1. The molecule has 0 radical (unpaired) electrons. The monoisotopic (exact) mass is 267 g/mol. The van der Waals surface area contributed by atoms with Crippen molar-refractivity contribution in [2.24, 2.45) is 0 Å². The first-order valence-electron chi connectivity index (χ1n) is 5.91. The van der Waals surface area contributed by atoms with Crippen molar-refractivity contribution in [1.82, 2.24) is 4.98 Å². The molecule has 0 bridgehead atoms. The first-order valence-corrected chi connectivity index (χ1v) is 6.79.